The van der Waals surface area contributed by atoms with Crippen LogP contribution in [0, 0.1) is 0 Å². The Balaban J connectivity index is 2.23. The number of amides is 1. The fourth-order valence-electron chi connectivity index (χ4n) is 2.65. The van der Waals surface area contributed by atoms with Gasteiger partial charge in [-0.15, -0.1) is 0 Å². The van der Waals surface area contributed by atoms with E-state index >= 15 is 0 Å². The molecule has 0 saturated carbocycles. The number of hydrogen-bond donors (Lipinski definition) is 1. The minimum Gasteiger partial charge on any atom is -0.385 e. The highest BCUT2D eigenvalue weighted by atomic mass is 35.5. The Labute approximate surface area is 131 Å². The van der Waals surface area contributed by atoms with Gasteiger partial charge in [-0.25, -0.2) is 0 Å². The van der Waals surface area contributed by atoms with Crippen molar-refractivity contribution >= 4 is 17.5 Å². The number of carbonyl (C=O) groups excluding carboxylic acids is 1. The fraction of sp³-hybridized carbons (Fsp3) is 0.562. The maximum atomic E-state index is 12.7. The number of nitrogens with one attached hydrogen (secondary N) is 1. The predicted octanol–water partition coefficient (Wildman–Crippen LogP) is 2.98. The van der Waals surface area contributed by atoms with Gasteiger partial charge in [0.15, 0.2) is 0 Å². The number of benzene rings is 1. The average molecular weight is 311 g/mol. The summed E-state index contributed by atoms with van der Waals surface area (Å²) in [6, 6.07) is 7.66. The topological polar surface area (TPSA) is 41.6 Å². The Morgan fingerprint density at radius 2 is 2.05 bits per heavy atom. The van der Waals surface area contributed by atoms with E-state index in [0.717, 1.165) is 18.4 Å². The van der Waals surface area contributed by atoms with Gasteiger partial charge in [-0.05, 0) is 37.5 Å². The van der Waals surface area contributed by atoms with Crippen molar-refractivity contribution in [3.05, 3.63) is 34.9 Å². The Bertz CT molecular complexity index is 492. The maximum absolute atomic E-state index is 12.7. The molecule has 0 aliphatic carbocycles. The van der Waals surface area contributed by atoms with E-state index in [2.05, 4.69) is 5.32 Å². The zero-order chi connectivity index (χ0) is 15.5. The molecule has 1 amide bonds. The average Bonchev–Trinajstić information content (AvgIpc) is 2.74. The number of hydrogen-bond acceptors (Lipinski definition) is 3. The van der Waals surface area contributed by atoms with E-state index < -0.39 is 5.54 Å². The van der Waals surface area contributed by atoms with Crippen molar-refractivity contribution < 1.29 is 9.53 Å². The molecule has 2 unspecified atom stereocenters. The highest BCUT2D eigenvalue weighted by molar-refractivity contribution is 6.30. The molecule has 1 aliphatic heterocycles. The first kappa shape index (κ1) is 16.3. The molecule has 1 aromatic carbocycles. The summed E-state index contributed by atoms with van der Waals surface area (Å²) in [5.41, 5.74) is 0.555. The summed E-state index contributed by atoms with van der Waals surface area (Å²) in [6.45, 7) is 5.33. The SMILES string of the molecule is CCC1(C)NC(c2ccc(Cl)cc2)N(CCCOC)C1=O. The van der Waals surface area contributed by atoms with E-state index in [9.17, 15) is 4.79 Å². The second kappa shape index (κ2) is 6.77. The molecule has 0 bridgehead atoms. The zero-order valence-corrected chi connectivity index (χ0v) is 13.6. The van der Waals surface area contributed by atoms with Gasteiger partial charge < -0.3 is 9.64 Å². The van der Waals surface area contributed by atoms with E-state index in [0.29, 0.717) is 18.2 Å². The van der Waals surface area contributed by atoms with Crippen molar-refractivity contribution in [1.29, 1.82) is 0 Å². The number of nitrogens with zero attached hydrogens (tertiary/aromatic N) is 1. The number of carbonyl (C=O) groups is 1. The van der Waals surface area contributed by atoms with Crippen LogP contribution in [0.25, 0.3) is 0 Å². The quantitative estimate of drug-likeness (QED) is 0.821. The van der Waals surface area contributed by atoms with Crippen LogP contribution in [-0.4, -0.2) is 36.6 Å². The molecule has 0 aromatic heterocycles. The molecule has 5 heteroatoms. The third kappa shape index (κ3) is 3.39. The maximum Gasteiger partial charge on any atom is 0.244 e. The molecule has 1 aromatic rings. The fourth-order valence-corrected chi connectivity index (χ4v) is 2.77. The smallest absolute Gasteiger partial charge is 0.244 e. The van der Waals surface area contributed by atoms with Crippen molar-refractivity contribution in [3.8, 4) is 0 Å². The van der Waals surface area contributed by atoms with Crippen LogP contribution in [-0.2, 0) is 9.53 Å². The third-order valence-corrected chi connectivity index (χ3v) is 4.39. The second-order valence-corrected chi connectivity index (χ2v) is 6.07. The molecule has 1 aliphatic rings. The molecule has 4 nitrogen and oxygen atoms in total. The largest absolute Gasteiger partial charge is 0.385 e. The molecule has 1 saturated heterocycles. The van der Waals surface area contributed by atoms with E-state index in [1.807, 2.05) is 43.0 Å². The van der Waals surface area contributed by atoms with Crippen LogP contribution in [0.4, 0.5) is 0 Å². The lowest BCUT2D eigenvalue weighted by molar-refractivity contribution is -0.133. The molecular formula is C16H23ClN2O2. The molecule has 1 fully saturated rings. The van der Waals surface area contributed by atoms with Gasteiger partial charge in [-0.2, -0.15) is 0 Å². The molecule has 1 heterocycles. The Kier molecular flexibility index (Phi) is 5.25. The number of methoxy groups -OCH3 is 1. The second-order valence-electron chi connectivity index (χ2n) is 5.63. The standard InChI is InChI=1S/C16H23ClN2O2/c1-4-16(2)15(20)19(10-5-11-21-3)14(18-16)12-6-8-13(17)9-7-12/h6-9,14,18H,4-5,10-11H2,1-3H3. The monoisotopic (exact) mass is 310 g/mol. The van der Waals surface area contributed by atoms with Gasteiger partial charge in [0.05, 0.1) is 5.54 Å². The zero-order valence-electron chi connectivity index (χ0n) is 12.9. The summed E-state index contributed by atoms with van der Waals surface area (Å²) in [6.07, 6.45) is 1.49. The highest BCUT2D eigenvalue weighted by Gasteiger charge is 2.46. The first-order valence-corrected chi connectivity index (χ1v) is 7.73. The van der Waals surface area contributed by atoms with Crippen LogP contribution >= 0.6 is 11.6 Å². The molecule has 1 N–H and O–H groups in total. The normalized spacial score (nSPS) is 25.6. The van der Waals surface area contributed by atoms with Crippen LogP contribution in [0.2, 0.25) is 5.02 Å². The molecule has 2 atom stereocenters. The Hall–Kier alpha value is -1.10. The number of rotatable bonds is 6. The first-order chi connectivity index (χ1) is 10.0. The molecule has 2 rings (SSSR count). The molecular weight excluding hydrogens is 288 g/mol. The Morgan fingerprint density at radius 1 is 1.38 bits per heavy atom. The summed E-state index contributed by atoms with van der Waals surface area (Å²) in [4.78, 5) is 14.6. The third-order valence-electron chi connectivity index (χ3n) is 4.14. The lowest BCUT2D eigenvalue weighted by Gasteiger charge is -2.24. The predicted molar refractivity (Wildman–Crippen MR) is 84.2 cm³/mol. The van der Waals surface area contributed by atoms with Crippen molar-refractivity contribution in [2.75, 3.05) is 20.3 Å². The lowest BCUT2D eigenvalue weighted by Crippen LogP contribution is -2.43. The van der Waals surface area contributed by atoms with E-state index in [-0.39, 0.29) is 12.1 Å². The van der Waals surface area contributed by atoms with E-state index in [1.54, 1.807) is 7.11 Å². The van der Waals surface area contributed by atoms with E-state index in [1.165, 1.54) is 0 Å². The van der Waals surface area contributed by atoms with Crippen LogP contribution in [0.1, 0.15) is 38.4 Å². The summed E-state index contributed by atoms with van der Waals surface area (Å²) in [7, 11) is 1.68. The van der Waals surface area contributed by atoms with Gasteiger partial charge in [-0.1, -0.05) is 30.7 Å². The van der Waals surface area contributed by atoms with Gasteiger partial charge in [0.2, 0.25) is 5.91 Å². The van der Waals surface area contributed by atoms with Crippen LogP contribution < -0.4 is 5.32 Å². The summed E-state index contributed by atoms with van der Waals surface area (Å²) in [5, 5.41) is 4.17. The molecule has 0 radical (unpaired) electrons. The van der Waals surface area contributed by atoms with Gasteiger partial charge in [-0.3, -0.25) is 10.1 Å². The van der Waals surface area contributed by atoms with Gasteiger partial charge in [0, 0.05) is 25.3 Å². The first-order valence-electron chi connectivity index (χ1n) is 7.35. The lowest BCUT2D eigenvalue weighted by atomic mass is 9.99. The van der Waals surface area contributed by atoms with Crippen molar-refractivity contribution in [2.45, 2.75) is 38.4 Å². The summed E-state index contributed by atoms with van der Waals surface area (Å²) in [5.74, 6) is 0.154. The molecule has 0 spiro atoms. The number of ether oxygens (including phenoxy) is 1. The minimum absolute atomic E-state index is 0.100. The van der Waals surface area contributed by atoms with Gasteiger partial charge in [0.1, 0.15) is 6.17 Å². The van der Waals surface area contributed by atoms with Crippen LogP contribution in [0.15, 0.2) is 24.3 Å². The van der Waals surface area contributed by atoms with Crippen molar-refractivity contribution in [2.24, 2.45) is 0 Å². The van der Waals surface area contributed by atoms with Crippen LogP contribution in [0.3, 0.4) is 0 Å². The van der Waals surface area contributed by atoms with Crippen molar-refractivity contribution in [1.82, 2.24) is 10.2 Å². The molecule has 21 heavy (non-hydrogen) atoms. The Morgan fingerprint density at radius 3 is 2.62 bits per heavy atom. The van der Waals surface area contributed by atoms with Crippen molar-refractivity contribution in [3.63, 3.8) is 0 Å². The summed E-state index contributed by atoms with van der Waals surface area (Å²) >= 11 is 5.95. The van der Waals surface area contributed by atoms with Gasteiger partial charge >= 0.3 is 0 Å². The highest BCUT2D eigenvalue weighted by Crippen LogP contribution is 2.33. The molecule has 116 valence electrons. The van der Waals surface area contributed by atoms with Gasteiger partial charge in [0.25, 0.3) is 0 Å². The van der Waals surface area contributed by atoms with E-state index in [4.69, 9.17) is 16.3 Å². The van der Waals surface area contributed by atoms with Crippen LogP contribution in [0.5, 0.6) is 0 Å². The number of halogens is 1. The summed E-state index contributed by atoms with van der Waals surface area (Å²) < 4.78 is 5.10. The minimum atomic E-state index is -0.503.